The molecule has 1 fully saturated rings. The van der Waals surface area contributed by atoms with Crippen LogP contribution in [-0.2, 0) is 4.79 Å². The number of hydrogen-bond acceptors (Lipinski definition) is 3. The molecule has 0 unspecified atom stereocenters. The molecule has 1 aliphatic carbocycles. The molecule has 1 heterocycles. The van der Waals surface area contributed by atoms with Crippen LogP contribution in [-0.4, -0.2) is 16.5 Å². The zero-order valence-electron chi connectivity index (χ0n) is 11.9. The van der Waals surface area contributed by atoms with Crippen LogP contribution in [0, 0.1) is 13.8 Å². The average molecular weight is 266 g/mol. The predicted octanol–water partition coefficient (Wildman–Crippen LogP) is 2.07. The Balaban J connectivity index is 2.08. The molecule has 1 aromatic rings. The van der Waals surface area contributed by atoms with Gasteiger partial charge in [-0.05, 0) is 33.6 Å². The standard InChI is InChI=1S/C14H22N2O3/c1-9-11(3)19-14(18)16(9)10(2)13(17)15-12-7-5-4-6-8-12/h10,12H,4-8H2,1-3H3,(H,15,17)/t10-/m0/s1. The SMILES string of the molecule is Cc1oc(=O)n([C@@H](C)C(=O)NC2CCCCC2)c1C. The smallest absolute Gasteiger partial charge is 0.413 e. The Kier molecular flexibility index (Phi) is 4.12. The zero-order valence-corrected chi connectivity index (χ0v) is 11.9. The minimum atomic E-state index is -0.521. The second kappa shape index (κ2) is 5.63. The van der Waals surface area contributed by atoms with Crippen LogP contribution in [0.5, 0.6) is 0 Å². The number of aromatic nitrogens is 1. The Morgan fingerprint density at radius 3 is 2.47 bits per heavy atom. The highest BCUT2D eigenvalue weighted by molar-refractivity contribution is 5.80. The number of carbonyl (C=O) groups excluding carboxylic acids is 1. The molecule has 1 atom stereocenters. The lowest BCUT2D eigenvalue weighted by Gasteiger charge is -2.24. The van der Waals surface area contributed by atoms with Gasteiger partial charge in [-0.2, -0.15) is 0 Å². The molecular weight excluding hydrogens is 244 g/mol. The van der Waals surface area contributed by atoms with Crippen molar-refractivity contribution < 1.29 is 9.21 Å². The van der Waals surface area contributed by atoms with Gasteiger partial charge in [0.1, 0.15) is 11.8 Å². The molecule has 1 aliphatic rings. The van der Waals surface area contributed by atoms with Crippen LogP contribution in [0.2, 0.25) is 0 Å². The molecule has 106 valence electrons. The van der Waals surface area contributed by atoms with Crippen molar-refractivity contribution in [2.75, 3.05) is 0 Å². The number of rotatable bonds is 3. The van der Waals surface area contributed by atoms with Crippen molar-refractivity contribution in [2.24, 2.45) is 0 Å². The molecule has 1 amide bonds. The fourth-order valence-electron chi connectivity index (χ4n) is 2.70. The lowest BCUT2D eigenvalue weighted by Crippen LogP contribution is -2.41. The Morgan fingerprint density at radius 2 is 1.95 bits per heavy atom. The third-order valence-corrected chi connectivity index (χ3v) is 4.03. The lowest BCUT2D eigenvalue weighted by atomic mass is 9.95. The van der Waals surface area contributed by atoms with E-state index in [9.17, 15) is 9.59 Å². The van der Waals surface area contributed by atoms with Gasteiger partial charge < -0.3 is 9.73 Å². The highest BCUT2D eigenvalue weighted by Crippen LogP contribution is 2.18. The van der Waals surface area contributed by atoms with Gasteiger partial charge in [-0.1, -0.05) is 19.3 Å². The molecular formula is C14H22N2O3. The molecule has 1 saturated carbocycles. The van der Waals surface area contributed by atoms with Crippen molar-refractivity contribution in [2.45, 2.75) is 65.0 Å². The van der Waals surface area contributed by atoms with Crippen LogP contribution in [0.1, 0.15) is 56.5 Å². The summed E-state index contributed by atoms with van der Waals surface area (Å²) in [5, 5.41) is 3.04. The Bertz CT molecular complexity index is 509. The largest absolute Gasteiger partial charge is 0.420 e. The maximum absolute atomic E-state index is 12.2. The van der Waals surface area contributed by atoms with E-state index in [-0.39, 0.29) is 11.9 Å². The van der Waals surface area contributed by atoms with Gasteiger partial charge in [-0.15, -0.1) is 0 Å². The summed E-state index contributed by atoms with van der Waals surface area (Å²) < 4.78 is 6.46. The van der Waals surface area contributed by atoms with Crippen LogP contribution in [0.15, 0.2) is 9.21 Å². The number of aryl methyl sites for hydroxylation is 1. The quantitative estimate of drug-likeness (QED) is 0.910. The summed E-state index contributed by atoms with van der Waals surface area (Å²) in [6.07, 6.45) is 5.67. The van der Waals surface area contributed by atoms with Crippen molar-refractivity contribution in [1.82, 2.24) is 9.88 Å². The summed E-state index contributed by atoms with van der Waals surface area (Å²) >= 11 is 0. The maximum atomic E-state index is 12.2. The highest BCUT2D eigenvalue weighted by atomic mass is 16.4. The first-order valence-corrected chi connectivity index (χ1v) is 6.99. The molecule has 19 heavy (non-hydrogen) atoms. The fraction of sp³-hybridized carbons (Fsp3) is 0.714. The van der Waals surface area contributed by atoms with Crippen LogP contribution in [0.25, 0.3) is 0 Å². The third kappa shape index (κ3) is 2.91. The molecule has 0 bridgehead atoms. The molecule has 0 aliphatic heterocycles. The van der Waals surface area contributed by atoms with Crippen molar-refractivity contribution >= 4 is 5.91 Å². The van der Waals surface area contributed by atoms with E-state index >= 15 is 0 Å². The van der Waals surface area contributed by atoms with Crippen LogP contribution >= 0.6 is 0 Å². The maximum Gasteiger partial charge on any atom is 0.420 e. The minimum Gasteiger partial charge on any atom is -0.413 e. The number of nitrogens with zero attached hydrogens (tertiary/aromatic N) is 1. The molecule has 1 N–H and O–H groups in total. The van der Waals surface area contributed by atoms with Gasteiger partial charge in [-0.25, -0.2) is 4.79 Å². The molecule has 0 aromatic carbocycles. The summed E-state index contributed by atoms with van der Waals surface area (Å²) in [5.41, 5.74) is 0.719. The summed E-state index contributed by atoms with van der Waals surface area (Å²) in [6, 6.07) is -0.264. The zero-order chi connectivity index (χ0) is 14.0. The van der Waals surface area contributed by atoms with Gasteiger partial charge in [0.2, 0.25) is 5.91 Å². The minimum absolute atomic E-state index is 0.0992. The number of nitrogens with one attached hydrogen (secondary N) is 1. The molecule has 0 saturated heterocycles. The summed E-state index contributed by atoms with van der Waals surface area (Å²) in [4.78, 5) is 23.9. The van der Waals surface area contributed by atoms with E-state index in [1.807, 2.05) is 0 Å². The van der Waals surface area contributed by atoms with E-state index in [0.717, 1.165) is 18.5 Å². The molecule has 0 radical (unpaired) electrons. The Labute approximate surface area is 113 Å². The molecule has 0 spiro atoms. The first-order chi connectivity index (χ1) is 9.00. The van der Waals surface area contributed by atoms with E-state index in [2.05, 4.69) is 5.32 Å². The number of hydrogen-bond donors (Lipinski definition) is 1. The van der Waals surface area contributed by atoms with Crippen molar-refractivity contribution in [1.29, 1.82) is 0 Å². The van der Waals surface area contributed by atoms with Crippen LogP contribution < -0.4 is 11.1 Å². The first-order valence-electron chi connectivity index (χ1n) is 6.99. The second-order valence-electron chi connectivity index (χ2n) is 5.40. The van der Waals surface area contributed by atoms with Gasteiger partial charge in [0.05, 0.1) is 5.69 Å². The Morgan fingerprint density at radius 1 is 1.32 bits per heavy atom. The van der Waals surface area contributed by atoms with Crippen molar-refractivity contribution in [3.8, 4) is 0 Å². The summed E-state index contributed by atoms with van der Waals surface area (Å²) in [6.45, 7) is 5.27. The van der Waals surface area contributed by atoms with Crippen molar-refractivity contribution in [3.63, 3.8) is 0 Å². The summed E-state index contributed by atoms with van der Waals surface area (Å²) in [7, 11) is 0. The fourth-order valence-corrected chi connectivity index (χ4v) is 2.70. The van der Waals surface area contributed by atoms with Gasteiger partial charge in [0.25, 0.3) is 0 Å². The normalized spacial score (nSPS) is 18.3. The van der Waals surface area contributed by atoms with Crippen molar-refractivity contribution in [3.05, 3.63) is 22.0 Å². The highest BCUT2D eigenvalue weighted by Gasteiger charge is 2.24. The van der Waals surface area contributed by atoms with Gasteiger partial charge >= 0.3 is 5.76 Å². The van der Waals surface area contributed by atoms with E-state index in [4.69, 9.17) is 4.42 Å². The van der Waals surface area contributed by atoms with Crippen LogP contribution in [0.4, 0.5) is 0 Å². The lowest BCUT2D eigenvalue weighted by molar-refractivity contribution is -0.125. The number of carbonyl (C=O) groups is 1. The molecule has 5 heteroatoms. The third-order valence-electron chi connectivity index (χ3n) is 4.03. The van der Waals surface area contributed by atoms with Gasteiger partial charge in [-0.3, -0.25) is 9.36 Å². The monoisotopic (exact) mass is 266 g/mol. The molecule has 1 aromatic heterocycles. The molecule has 5 nitrogen and oxygen atoms in total. The predicted molar refractivity (Wildman–Crippen MR) is 72.2 cm³/mol. The number of oxazole rings is 1. The van der Waals surface area contributed by atoms with E-state index in [1.165, 1.54) is 23.8 Å². The van der Waals surface area contributed by atoms with Gasteiger partial charge in [0.15, 0.2) is 0 Å². The van der Waals surface area contributed by atoms with Crippen LogP contribution in [0.3, 0.4) is 0 Å². The van der Waals surface area contributed by atoms with E-state index in [0.29, 0.717) is 5.76 Å². The summed E-state index contributed by atoms with van der Waals surface area (Å²) in [5.74, 6) is 0.0153. The average Bonchev–Trinajstić information content (AvgIpc) is 2.63. The second-order valence-corrected chi connectivity index (χ2v) is 5.40. The van der Waals surface area contributed by atoms with E-state index < -0.39 is 11.8 Å². The van der Waals surface area contributed by atoms with E-state index in [1.54, 1.807) is 20.8 Å². The first kappa shape index (κ1) is 13.9. The van der Waals surface area contributed by atoms with Gasteiger partial charge in [0, 0.05) is 6.04 Å². The number of amides is 1. The topological polar surface area (TPSA) is 64.2 Å². The Hall–Kier alpha value is -1.52. The molecule has 2 rings (SSSR count).